The third-order valence-electron chi connectivity index (χ3n) is 1.65. The highest BCUT2D eigenvalue weighted by atomic mass is 32.1. The first-order valence-corrected chi connectivity index (χ1v) is 5.29. The molecule has 2 aromatic rings. The first-order valence-electron chi connectivity index (χ1n) is 4.34. The number of hydrogen-bond donors (Lipinski definition) is 0. The summed E-state index contributed by atoms with van der Waals surface area (Å²) >= 11 is 1.52. The summed E-state index contributed by atoms with van der Waals surface area (Å²) in [7, 11) is 0. The van der Waals surface area contributed by atoms with Crippen LogP contribution in [0, 0.1) is 0 Å². The molecule has 0 saturated carbocycles. The van der Waals surface area contributed by atoms with Gasteiger partial charge >= 0.3 is 5.97 Å². The topological polar surface area (TPSA) is 65.2 Å². The summed E-state index contributed by atoms with van der Waals surface area (Å²) in [4.78, 5) is 15.1. The van der Waals surface area contributed by atoms with Gasteiger partial charge in [0.25, 0.3) is 11.7 Å². The smallest absolute Gasteiger partial charge is 0.379 e. The number of carbonyl (C=O) groups is 1. The van der Waals surface area contributed by atoms with Crippen molar-refractivity contribution in [2.45, 2.75) is 6.92 Å². The van der Waals surface area contributed by atoms with Crippen LogP contribution in [0.15, 0.2) is 21.3 Å². The second-order valence-electron chi connectivity index (χ2n) is 2.66. The highest BCUT2D eigenvalue weighted by molar-refractivity contribution is 7.08. The van der Waals surface area contributed by atoms with E-state index in [2.05, 4.69) is 10.1 Å². The molecule has 2 heterocycles. The number of rotatable bonds is 3. The summed E-state index contributed by atoms with van der Waals surface area (Å²) in [5, 5.41) is 7.29. The molecule has 0 atom stereocenters. The zero-order chi connectivity index (χ0) is 10.7. The van der Waals surface area contributed by atoms with Crippen molar-refractivity contribution < 1.29 is 14.1 Å². The molecule has 6 heteroatoms. The summed E-state index contributed by atoms with van der Waals surface area (Å²) in [5.41, 5.74) is 0.808. The Balaban J connectivity index is 2.21. The highest BCUT2D eigenvalue weighted by Gasteiger charge is 2.16. The maximum absolute atomic E-state index is 11.2. The van der Waals surface area contributed by atoms with Crippen molar-refractivity contribution in [2.24, 2.45) is 0 Å². The normalized spacial score (nSPS) is 10.2. The Bertz CT molecular complexity index is 450. The van der Waals surface area contributed by atoms with E-state index in [4.69, 9.17) is 9.26 Å². The Morgan fingerprint density at radius 2 is 2.53 bits per heavy atom. The molecule has 2 aromatic heterocycles. The summed E-state index contributed by atoms with van der Waals surface area (Å²) < 4.78 is 9.66. The van der Waals surface area contributed by atoms with Crippen molar-refractivity contribution in [1.82, 2.24) is 10.1 Å². The average molecular weight is 224 g/mol. The van der Waals surface area contributed by atoms with Crippen LogP contribution in [0.5, 0.6) is 0 Å². The molecule has 15 heavy (non-hydrogen) atoms. The van der Waals surface area contributed by atoms with Gasteiger partial charge in [-0.25, -0.2) is 4.79 Å². The van der Waals surface area contributed by atoms with Crippen LogP contribution in [0.2, 0.25) is 0 Å². The number of nitrogens with zero attached hydrogens (tertiary/aromatic N) is 2. The number of aromatic nitrogens is 2. The summed E-state index contributed by atoms with van der Waals surface area (Å²) in [6.07, 6.45) is 0. The van der Waals surface area contributed by atoms with Crippen LogP contribution in [0.25, 0.3) is 11.5 Å². The van der Waals surface area contributed by atoms with Gasteiger partial charge in [0, 0.05) is 5.38 Å². The predicted octanol–water partition coefficient (Wildman–Crippen LogP) is 1.97. The van der Waals surface area contributed by atoms with Crippen LogP contribution in [0.1, 0.15) is 17.5 Å². The summed E-state index contributed by atoms with van der Waals surface area (Å²) in [6, 6.07) is 1.84. The molecule has 0 bridgehead atoms. The van der Waals surface area contributed by atoms with Gasteiger partial charge in [0.2, 0.25) is 0 Å². The maximum Gasteiger partial charge on any atom is 0.379 e. The van der Waals surface area contributed by atoms with Crippen molar-refractivity contribution >= 4 is 17.3 Å². The number of hydrogen-bond acceptors (Lipinski definition) is 6. The SMILES string of the molecule is CCOC(=O)c1noc(-c2ccsc2)n1. The molecule has 0 saturated heterocycles. The summed E-state index contributed by atoms with van der Waals surface area (Å²) in [5.74, 6) is -0.278. The molecule has 0 aliphatic rings. The number of ether oxygens (including phenoxy) is 1. The standard InChI is InChI=1S/C9H8N2O3S/c1-2-13-9(12)7-10-8(14-11-7)6-3-4-15-5-6/h3-5H,2H2,1H3. The molecule has 5 nitrogen and oxygen atoms in total. The van der Waals surface area contributed by atoms with Crippen molar-refractivity contribution in [3.05, 3.63) is 22.7 Å². The van der Waals surface area contributed by atoms with Gasteiger partial charge in [-0.1, -0.05) is 0 Å². The van der Waals surface area contributed by atoms with Crippen LogP contribution in [0.4, 0.5) is 0 Å². The quantitative estimate of drug-likeness (QED) is 0.746. The molecule has 0 unspecified atom stereocenters. The second kappa shape index (κ2) is 4.22. The molecule has 0 aromatic carbocycles. The molecule has 0 spiro atoms. The minimum absolute atomic E-state index is 0.0435. The molecular formula is C9H8N2O3S. The first kappa shape index (κ1) is 9.85. The molecule has 2 rings (SSSR count). The Morgan fingerprint density at radius 3 is 3.20 bits per heavy atom. The van der Waals surface area contributed by atoms with Crippen molar-refractivity contribution in [3.63, 3.8) is 0 Å². The van der Waals surface area contributed by atoms with Gasteiger partial charge in [0.15, 0.2) is 0 Å². The van der Waals surface area contributed by atoms with Gasteiger partial charge in [0.05, 0.1) is 12.2 Å². The van der Waals surface area contributed by atoms with Gasteiger partial charge in [-0.15, -0.1) is 0 Å². The molecule has 0 radical (unpaired) electrons. The number of carbonyl (C=O) groups excluding carboxylic acids is 1. The Labute approximate surface area is 89.7 Å². The lowest BCUT2D eigenvalue weighted by atomic mass is 10.3. The van der Waals surface area contributed by atoms with Gasteiger partial charge in [0.1, 0.15) is 0 Å². The Kier molecular flexibility index (Phi) is 2.77. The largest absolute Gasteiger partial charge is 0.460 e. The maximum atomic E-state index is 11.2. The van der Waals surface area contributed by atoms with Crippen LogP contribution in [0.3, 0.4) is 0 Å². The number of thiophene rings is 1. The van der Waals surface area contributed by atoms with Gasteiger partial charge in [-0.3, -0.25) is 0 Å². The number of esters is 1. The molecule has 0 N–H and O–H groups in total. The lowest BCUT2D eigenvalue weighted by Gasteiger charge is -1.93. The molecular weight excluding hydrogens is 216 g/mol. The molecule has 0 aliphatic heterocycles. The van der Waals surface area contributed by atoms with Crippen molar-refractivity contribution in [1.29, 1.82) is 0 Å². The minimum Gasteiger partial charge on any atom is -0.460 e. The van der Waals surface area contributed by atoms with Crippen LogP contribution in [-0.2, 0) is 4.74 Å². The van der Waals surface area contributed by atoms with E-state index >= 15 is 0 Å². The van der Waals surface area contributed by atoms with Crippen molar-refractivity contribution in [3.8, 4) is 11.5 Å². The zero-order valence-corrected chi connectivity index (χ0v) is 8.78. The third kappa shape index (κ3) is 2.04. The zero-order valence-electron chi connectivity index (χ0n) is 7.97. The highest BCUT2D eigenvalue weighted by Crippen LogP contribution is 2.19. The predicted molar refractivity (Wildman–Crippen MR) is 53.6 cm³/mol. The van der Waals surface area contributed by atoms with Gasteiger partial charge in [-0.05, 0) is 23.5 Å². The summed E-state index contributed by atoms with van der Waals surface area (Å²) in [6.45, 7) is 2.01. The first-order chi connectivity index (χ1) is 7.31. The Hall–Kier alpha value is -1.69. The van der Waals surface area contributed by atoms with Crippen molar-refractivity contribution in [2.75, 3.05) is 6.61 Å². The molecule has 0 aliphatic carbocycles. The van der Waals surface area contributed by atoms with E-state index in [-0.39, 0.29) is 5.82 Å². The van der Waals surface area contributed by atoms with Crippen LogP contribution in [-0.4, -0.2) is 22.7 Å². The third-order valence-corrected chi connectivity index (χ3v) is 2.34. The Morgan fingerprint density at radius 1 is 1.67 bits per heavy atom. The van der Waals surface area contributed by atoms with Crippen LogP contribution < -0.4 is 0 Å². The van der Waals surface area contributed by atoms with E-state index in [1.54, 1.807) is 6.92 Å². The minimum atomic E-state index is -0.567. The van der Waals surface area contributed by atoms with E-state index in [1.807, 2.05) is 16.8 Å². The molecule has 0 amide bonds. The van der Waals surface area contributed by atoms with E-state index in [9.17, 15) is 4.79 Å². The van der Waals surface area contributed by atoms with Gasteiger partial charge < -0.3 is 9.26 Å². The lowest BCUT2D eigenvalue weighted by Crippen LogP contribution is -2.06. The van der Waals surface area contributed by atoms with E-state index in [0.29, 0.717) is 12.5 Å². The van der Waals surface area contributed by atoms with E-state index in [1.165, 1.54) is 11.3 Å². The monoisotopic (exact) mass is 224 g/mol. The van der Waals surface area contributed by atoms with Gasteiger partial charge in [-0.2, -0.15) is 16.3 Å². The molecule has 78 valence electrons. The fourth-order valence-corrected chi connectivity index (χ4v) is 1.64. The molecule has 0 fully saturated rings. The average Bonchev–Trinajstić information content (AvgIpc) is 2.89. The lowest BCUT2D eigenvalue weighted by molar-refractivity contribution is 0.0508. The fraction of sp³-hybridized carbons (Fsp3) is 0.222. The second-order valence-corrected chi connectivity index (χ2v) is 3.44. The van der Waals surface area contributed by atoms with E-state index in [0.717, 1.165) is 5.56 Å². The fourth-order valence-electron chi connectivity index (χ4n) is 1.01. The van der Waals surface area contributed by atoms with E-state index < -0.39 is 5.97 Å². The van der Waals surface area contributed by atoms with Crippen LogP contribution >= 0.6 is 11.3 Å².